The van der Waals surface area contributed by atoms with Gasteiger partial charge in [-0.05, 0) is 36.2 Å². The normalized spacial score (nSPS) is 11.3. The molecule has 2 aromatic carbocycles. The van der Waals surface area contributed by atoms with Crippen LogP contribution in [0.2, 0.25) is 0 Å². The van der Waals surface area contributed by atoms with Gasteiger partial charge in [0, 0.05) is 32.7 Å². The highest BCUT2D eigenvalue weighted by Gasteiger charge is 2.13. The zero-order valence-corrected chi connectivity index (χ0v) is 19.7. The minimum atomic E-state index is -3.33. The molecule has 0 fully saturated rings. The second-order valence-corrected chi connectivity index (χ2v) is 8.20. The summed E-state index contributed by atoms with van der Waals surface area (Å²) in [6.45, 7) is 0.853. The second kappa shape index (κ2) is 12.4. The van der Waals surface area contributed by atoms with Crippen LogP contribution in [0.15, 0.2) is 64.5 Å². The van der Waals surface area contributed by atoms with E-state index in [9.17, 15) is 13.2 Å². The lowest BCUT2D eigenvalue weighted by molar-refractivity contribution is 0.0963. The quantitative estimate of drug-likeness (QED) is 0.275. The molecule has 0 bridgehead atoms. The maximum Gasteiger partial charge on any atom is 0.251 e. The van der Waals surface area contributed by atoms with Crippen molar-refractivity contribution in [2.24, 2.45) is 4.99 Å². The lowest BCUT2D eigenvalue weighted by Gasteiger charge is -2.12. The molecule has 1 amide bonds. The van der Waals surface area contributed by atoms with E-state index in [0.29, 0.717) is 29.4 Å². The summed E-state index contributed by atoms with van der Waals surface area (Å²) in [6, 6.07) is 15.8. The van der Waals surface area contributed by atoms with Crippen LogP contribution in [0.25, 0.3) is 0 Å². The summed E-state index contributed by atoms with van der Waals surface area (Å²) in [4.78, 5) is 16.1. The molecular formula is C20H27IN4O3S. The van der Waals surface area contributed by atoms with Gasteiger partial charge in [0.2, 0.25) is 0 Å². The van der Waals surface area contributed by atoms with Crippen LogP contribution >= 0.6 is 24.0 Å². The zero-order valence-electron chi connectivity index (χ0n) is 16.5. The van der Waals surface area contributed by atoms with Crippen LogP contribution in [0, 0.1) is 0 Å². The number of hydrogen-bond donors (Lipinski definition) is 3. The largest absolute Gasteiger partial charge is 0.356 e. The van der Waals surface area contributed by atoms with Gasteiger partial charge in [-0.1, -0.05) is 30.3 Å². The summed E-state index contributed by atoms with van der Waals surface area (Å²) >= 11 is 0. The minimum Gasteiger partial charge on any atom is -0.356 e. The Kier molecular flexibility index (Phi) is 10.7. The van der Waals surface area contributed by atoms with Crippen molar-refractivity contribution in [1.29, 1.82) is 0 Å². The van der Waals surface area contributed by atoms with Gasteiger partial charge in [-0.25, -0.2) is 8.42 Å². The molecule has 0 unspecified atom stereocenters. The van der Waals surface area contributed by atoms with Gasteiger partial charge in [0.05, 0.1) is 10.6 Å². The monoisotopic (exact) mass is 530 g/mol. The number of amides is 1. The maximum atomic E-state index is 12.3. The number of carbonyl (C=O) groups excluding carboxylic acids is 1. The smallest absolute Gasteiger partial charge is 0.251 e. The molecule has 0 atom stereocenters. The second-order valence-electron chi connectivity index (χ2n) is 6.09. The van der Waals surface area contributed by atoms with E-state index in [-0.39, 0.29) is 42.2 Å². The Morgan fingerprint density at radius 2 is 1.69 bits per heavy atom. The van der Waals surface area contributed by atoms with Crippen LogP contribution in [0.4, 0.5) is 0 Å². The predicted molar refractivity (Wildman–Crippen MR) is 127 cm³/mol. The molecule has 0 saturated heterocycles. The summed E-state index contributed by atoms with van der Waals surface area (Å²) in [5, 5.41) is 8.77. The molecule has 0 heterocycles. The molecule has 158 valence electrons. The van der Waals surface area contributed by atoms with E-state index >= 15 is 0 Å². The summed E-state index contributed by atoms with van der Waals surface area (Å²) in [5.74, 6) is 0.393. The summed E-state index contributed by atoms with van der Waals surface area (Å²) in [7, 11) is -0.0927. The molecule has 0 aliphatic heterocycles. The number of hydrogen-bond acceptors (Lipinski definition) is 4. The number of sulfone groups is 1. The van der Waals surface area contributed by atoms with E-state index in [1.807, 2.05) is 18.2 Å². The van der Waals surface area contributed by atoms with Gasteiger partial charge in [-0.15, -0.1) is 24.0 Å². The standard InChI is InChI=1S/C20H26N4O3S.HI/c1-21-19(25)17-8-6-7-16(15-17)11-12-23-20(22-2)24-13-14-28(26,27)18-9-4-3-5-10-18;/h3-10,15H,11-14H2,1-2H3,(H,21,25)(H2,22,23,24);1H. The van der Waals surface area contributed by atoms with Crippen molar-refractivity contribution in [3.8, 4) is 0 Å². The van der Waals surface area contributed by atoms with Crippen LogP contribution in [0.5, 0.6) is 0 Å². The van der Waals surface area contributed by atoms with Crippen LogP contribution in [0.1, 0.15) is 15.9 Å². The fraction of sp³-hybridized carbons (Fsp3) is 0.300. The molecule has 2 aromatic rings. The topological polar surface area (TPSA) is 99.7 Å². The number of nitrogens with zero attached hydrogens (tertiary/aromatic N) is 1. The third-order valence-electron chi connectivity index (χ3n) is 4.11. The number of carbonyl (C=O) groups is 1. The fourth-order valence-electron chi connectivity index (χ4n) is 2.61. The number of benzene rings is 2. The number of halogens is 1. The van der Waals surface area contributed by atoms with Gasteiger partial charge in [0.25, 0.3) is 5.91 Å². The lowest BCUT2D eigenvalue weighted by Crippen LogP contribution is -2.40. The third-order valence-corrected chi connectivity index (χ3v) is 5.84. The summed E-state index contributed by atoms with van der Waals surface area (Å²) in [5.41, 5.74) is 1.64. The summed E-state index contributed by atoms with van der Waals surface area (Å²) in [6.07, 6.45) is 0.702. The fourth-order valence-corrected chi connectivity index (χ4v) is 3.79. The van der Waals surface area contributed by atoms with Crippen molar-refractivity contribution in [1.82, 2.24) is 16.0 Å². The molecule has 0 radical (unpaired) electrons. The molecule has 0 saturated carbocycles. The average Bonchev–Trinajstić information content (AvgIpc) is 2.72. The molecule has 0 aromatic heterocycles. The van der Waals surface area contributed by atoms with Crippen LogP contribution < -0.4 is 16.0 Å². The molecule has 29 heavy (non-hydrogen) atoms. The van der Waals surface area contributed by atoms with Crippen molar-refractivity contribution in [2.45, 2.75) is 11.3 Å². The lowest BCUT2D eigenvalue weighted by atomic mass is 10.1. The van der Waals surface area contributed by atoms with Gasteiger partial charge in [0.1, 0.15) is 0 Å². The Hall–Kier alpha value is -2.14. The maximum absolute atomic E-state index is 12.3. The number of nitrogens with one attached hydrogen (secondary N) is 3. The van der Waals surface area contributed by atoms with Gasteiger partial charge in [0.15, 0.2) is 15.8 Å². The Balaban J connectivity index is 0.00000420. The first-order valence-electron chi connectivity index (χ1n) is 8.99. The van der Waals surface area contributed by atoms with Crippen molar-refractivity contribution in [3.05, 3.63) is 65.7 Å². The highest BCUT2D eigenvalue weighted by atomic mass is 127. The number of guanidine groups is 1. The molecule has 0 aliphatic carbocycles. The van der Waals surface area contributed by atoms with E-state index < -0.39 is 9.84 Å². The zero-order chi connectivity index (χ0) is 20.4. The molecule has 0 spiro atoms. The SMILES string of the molecule is CN=C(NCCc1cccc(C(=O)NC)c1)NCCS(=O)(=O)c1ccccc1.I. The Labute approximate surface area is 189 Å². The Morgan fingerprint density at radius 1 is 1.00 bits per heavy atom. The molecule has 0 aliphatic rings. The van der Waals surface area contributed by atoms with E-state index in [1.54, 1.807) is 50.5 Å². The van der Waals surface area contributed by atoms with Gasteiger partial charge in [-0.2, -0.15) is 0 Å². The third kappa shape index (κ3) is 8.01. The Morgan fingerprint density at radius 3 is 2.34 bits per heavy atom. The molecular weight excluding hydrogens is 503 g/mol. The van der Waals surface area contributed by atoms with Crippen molar-refractivity contribution >= 4 is 45.7 Å². The molecule has 2 rings (SSSR count). The van der Waals surface area contributed by atoms with Gasteiger partial charge >= 0.3 is 0 Å². The highest BCUT2D eigenvalue weighted by Crippen LogP contribution is 2.09. The van der Waals surface area contributed by atoms with Crippen LogP contribution in [-0.2, 0) is 16.3 Å². The van der Waals surface area contributed by atoms with Gasteiger partial charge < -0.3 is 16.0 Å². The predicted octanol–water partition coefficient (Wildman–Crippen LogP) is 1.85. The molecule has 7 nitrogen and oxygen atoms in total. The van der Waals surface area contributed by atoms with E-state index in [4.69, 9.17) is 0 Å². The van der Waals surface area contributed by atoms with Gasteiger partial charge in [-0.3, -0.25) is 9.79 Å². The average molecular weight is 530 g/mol. The van der Waals surface area contributed by atoms with Crippen molar-refractivity contribution in [3.63, 3.8) is 0 Å². The molecule has 9 heteroatoms. The number of aliphatic imine (C=N–C) groups is 1. The number of rotatable bonds is 8. The van der Waals surface area contributed by atoms with Crippen molar-refractivity contribution in [2.75, 3.05) is 32.9 Å². The molecule has 3 N–H and O–H groups in total. The minimum absolute atomic E-state index is 0. The van der Waals surface area contributed by atoms with Crippen LogP contribution in [-0.4, -0.2) is 53.2 Å². The Bertz CT molecular complexity index is 918. The first kappa shape index (κ1) is 24.9. The first-order valence-corrected chi connectivity index (χ1v) is 10.6. The first-order chi connectivity index (χ1) is 13.5. The van der Waals surface area contributed by atoms with Crippen molar-refractivity contribution < 1.29 is 13.2 Å². The van der Waals surface area contributed by atoms with E-state index in [0.717, 1.165) is 5.56 Å². The summed E-state index contributed by atoms with van der Waals surface area (Å²) < 4.78 is 24.6. The highest BCUT2D eigenvalue weighted by molar-refractivity contribution is 14.0. The van der Waals surface area contributed by atoms with Crippen LogP contribution in [0.3, 0.4) is 0 Å². The van der Waals surface area contributed by atoms with E-state index in [2.05, 4.69) is 20.9 Å². The van der Waals surface area contributed by atoms with E-state index in [1.165, 1.54) is 0 Å².